The van der Waals surface area contributed by atoms with E-state index < -0.39 is 0 Å². The molecule has 0 saturated carbocycles. The molecule has 3 heteroatoms. The summed E-state index contributed by atoms with van der Waals surface area (Å²) in [6.07, 6.45) is 1.90. The van der Waals surface area contributed by atoms with Gasteiger partial charge >= 0.3 is 0 Å². The molecule has 1 saturated heterocycles. The van der Waals surface area contributed by atoms with E-state index in [4.69, 9.17) is 0 Å². The van der Waals surface area contributed by atoms with Gasteiger partial charge in [-0.15, -0.1) is 0 Å². The van der Waals surface area contributed by atoms with Gasteiger partial charge in [-0.25, -0.2) is 0 Å². The molecule has 2 rings (SSSR count). The summed E-state index contributed by atoms with van der Waals surface area (Å²) in [5.74, 6) is 1.30. The maximum Gasteiger partial charge on any atom is 0.223 e. The summed E-state index contributed by atoms with van der Waals surface area (Å²) in [6, 6.07) is 10.9. The van der Waals surface area contributed by atoms with Crippen molar-refractivity contribution in [2.45, 2.75) is 45.6 Å². The van der Waals surface area contributed by atoms with Gasteiger partial charge in [-0.3, -0.25) is 4.79 Å². The molecule has 1 aromatic rings. The predicted octanol–water partition coefficient (Wildman–Crippen LogP) is 2.93. The summed E-state index contributed by atoms with van der Waals surface area (Å²) in [7, 11) is 0. The lowest BCUT2D eigenvalue weighted by Crippen LogP contribution is -2.43. The van der Waals surface area contributed by atoms with Gasteiger partial charge in [-0.05, 0) is 37.8 Å². The number of nitrogens with one attached hydrogen (secondary N) is 2. The van der Waals surface area contributed by atoms with E-state index in [2.05, 4.69) is 55.7 Å². The smallest absolute Gasteiger partial charge is 0.223 e. The van der Waals surface area contributed by atoms with Crippen molar-refractivity contribution in [2.24, 2.45) is 11.8 Å². The second-order valence-electron chi connectivity index (χ2n) is 6.58. The van der Waals surface area contributed by atoms with Gasteiger partial charge in [0.1, 0.15) is 0 Å². The average molecular weight is 288 g/mol. The Morgan fingerprint density at radius 1 is 1.33 bits per heavy atom. The summed E-state index contributed by atoms with van der Waals surface area (Å²) in [5, 5.41) is 6.58. The molecule has 2 N–H and O–H groups in total. The van der Waals surface area contributed by atoms with Crippen LogP contribution < -0.4 is 10.6 Å². The van der Waals surface area contributed by atoms with Crippen LogP contribution in [-0.4, -0.2) is 25.0 Å². The number of piperidine rings is 1. The third kappa shape index (κ3) is 4.57. The summed E-state index contributed by atoms with van der Waals surface area (Å²) in [4.78, 5) is 12.4. The Morgan fingerprint density at radius 2 is 2.05 bits per heavy atom. The first-order chi connectivity index (χ1) is 10.1. The molecule has 1 fully saturated rings. The highest BCUT2D eigenvalue weighted by atomic mass is 16.1. The minimum atomic E-state index is 0.171. The van der Waals surface area contributed by atoms with E-state index in [0.717, 1.165) is 25.9 Å². The van der Waals surface area contributed by atoms with Gasteiger partial charge in [-0.2, -0.15) is 0 Å². The zero-order valence-corrected chi connectivity index (χ0v) is 13.4. The fourth-order valence-electron chi connectivity index (χ4n) is 3.16. The summed E-state index contributed by atoms with van der Waals surface area (Å²) in [6.45, 7) is 8.28. The van der Waals surface area contributed by atoms with Crippen molar-refractivity contribution >= 4 is 5.91 Å². The zero-order valence-electron chi connectivity index (χ0n) is 13.4. The lowest BCUT2D eigenvalue weighted by molar-refractivity contribution is -0.126. The third-order valence-electron chi connectivity index (χ3n) is 4.52. The van der Waals surface area contributed by atoms with E-state index in [1.165, 1.54) is 5.56 Å². The van der Waals surface area contributed by atoms with Gasteiger partial charge < -0.3 is 10.6 Å². The van der Waals surface area contributed by atoms with Gasteiger partial charge in [0.2, 0.25) is 5.91 Å². The number of carbonyl (C=O) groups excluding carboxylic acids is 1. The number of carbonyl (C=O) groups is 1. The van der Waals surface area contributed by atoms with Crippen molar-refractivity contribution in [2.75, 3.05) is 13.1 Å². The first kappa shape index (κ1) is 16.0. The minimum absolute atomic E-state index is 0.171. The van der Waals surface area contributed by atoms with E-state index in [-0.39, 0.29) is 11.8 Å². The highest BCUT2D eigenvalue weighted by Crippen LogP contribution is 2.24. The quantitative estimate of drug-likeness (QED) is 0.874. The molecule has 1 aliphatic rings. The van der Waals surface area contributed by atoms with Gasteiger partial charge in [-0.1, -0.05) is 44.2 Å². The van der Waals surface area contributed by atoms with Crippen LogP contribution in [0.3, 0.4) is 0 Å². The van der Waals surface area contributed by atoms with Gasteiger partial charge in [0.15, 0.2) is 0 Å². The first-order valence-corrected chi connectivity index (χ1v) is 8.14. The molecule has 1 aliphatic heterocycles. The van der Waals surface area contributed by atoms with E-state index in [1.54, 1.807) is 0 Å². The van der Waals surface area contributed by atoms with Crippen LogP contribution in [0.15, 0.2) is 30.3 Å². The Bertz CT molecular complexity index is 444. The lowest BCUT2D eigenvalue weighted by Gasteiger charge is -2.28. The van der Waals surface area contributed by atoms with Crippen molar-refractivity contribution < 1.29 is 4.79 Å². The zero-order chi connectivity index (χ0) is 15.2. The molecule has 0 bridgehead atoms. The van der Waals surface area contributed by atoms with Gasteiger partial charge in [0.25, 0.3) is 0 Å². The lowest BCUT2D eigenvalue weighted by atomic mass is 9.87. The van der Waals surface area contributed by atoms with Crippen LogP contribution in [0.4, 0.5) is 0 Å². The molecule has 116 valence electrons. The van der Waals surface area contributed by atoms with Crippen LogP contribution >= 0.6 is 0 Å². The molecule has 3 nitrogen and oxygen atoms in total. The fourth-order valence-corrected chi connectivity index (χ4v) is 3.16. The second-order valence-corrected chi connectivity index (χ2v) is 6.58. The highest BCUT2D eigenvalue weighted by molar-refractivity contribution is 5.78. The maximum absolute atomic E-state index is 12.4. The number of amides is 1. The van der Waals surface area contributed by atoms with Crippen molar-refractivity contribution in [3.8, 4) is 0 Å². The van der Waals surface area contributed by atoms with Crippen LogP contribution in [0, 0.1) is 11.8 Å². The van der Waals surface area contributed by atoms with Crippen LogP contribution in [0.2, 0.25) is 0 Å². The monoisotopic (exact) mass is 288 g/mol. The molecular weight excluding hydrogens is 260 g/mol. The Labute approximate surface area is 128 Å². The van der Waals surface area contributed by atoms with E-state index in [9.17, 15) is 4.79 Å². The van der Waals surface area contributed by atoms with Crippen LogP contribution in [-0.2, 0) is 4.79 Å². The Hall–Kier alpha value is -1.35. The standard InChI is InChI=1S/C18H28N2O/c1-13(2)17(15-7-5-4-6-8-15)12-20-18(21)16-9-10-19-14(3)11-16/h4-8,13-14,16-17,19H,9-12H2,1-3H3,(H,20,21)/t14-,16-,17?/m0/s1. The van der Waals surface area contributed by atoms with E-state index in [0.29, 0.717) is 17.9 Å². The Balaban J connectivity index is 1.91. The maximum atomic E-state index is 12.4. The molecule has 1 unspecified atom stereocenters. The molecule has 0 spiro atoms. The number of hydrogen-bond donors (Lipinski definition) is 2. The Kier molecular flexibility index (Phi) is 5.80. The Morgan fingerprint density at radius 3 is 2.67 bits per heavy atom. The fraction of sp³-hybridized carbons (Fsp3) is 0.611. The first-order valence-electron chi connectivity index (χ1n) is 8.14. The van der Waals surface area contributed by atoms with Gasteiger partial charge in [0, 0.05) is 24.4 Å². The molecule has 0 aromatic heterocycles. The predicted molar refractivity (Wildman–Crippen MR) is 87.2 cm³/mol. The third-order valence-corrected chi connectivity index (χ3v) is 4.52. The van der Waals surface area contributed by atoms with Crippen LogP contribution in [0.5, 0.6) is 0 Å². The minimum Gasteiger partial charge on any atom is -0.355 e. The van der Waals surface area contributed by atoms with Crippen molar-refractivity contribution in [3.63, 3.8) is 0 Å². The summed E-state index contributed by atoms with van der Waals surface area (Å²) in [5.41, 5.74) is 1.31. The van der Waals surface area contributed by atoms with Crippen molar-refractivity contribution in [1.82, 2.24) is 10.6 Å². The van der Waals surface area contributed by atoms with Crippen molar-refractivity contribution in [3.05, 3.63) is 35.9 Å². The summed E-state index contributed by atoms with van der Waals surface area (Å²) >= 11 is 0. The van der Waals surface area contributed by atoms with E-state index in [1.807, 2.05) is 6.07 Å². The molecule has 3 atom stereocenters. The average Bonchev–Trinajstić information content (AvgIpc) is 2.48. The number of benzene rings is 1. The largest absolute Gasteiger partial charge is 0.355 e. The van der Waals surface area contributed by atoms with Crippen LogP contribution in [0.25, 0.3) is 0 Å². The number of hydrogen-bond acceptors (Lipinski definition) is 2. The van der Waals surface area contributed by atoms with Crippen LogP contribution in [0.1, 0.15) is 45.1 Å². The van der Waals surface area contributed by atoms with Crippen molar-refractivity contribution in [1.29, 1.82) is 0 Å². The normalized spacial score (nSPS) is 23.8. The van der Waals surface area contributed by atoms with E-state index >= 15 is 0 Å². The molecule has 21 heavy (non-hydrogen) atoms. The summed E-state index contributed by atoms with van der Waals surface area (Å²) < 4.78 is 0. The SMILES string of the molecule is CC(C)C(CNC(=O)[C@H]1CCN[C@@H](C)C1)c1ccccc1. The molecule has 1 heterocycles. The topological polar surface area (TPSA) is 41.1 Å². The van der Waals surface area contributed by atoms with Gasteiger partial charge in [0.05, 0.1) is 0 Å². The molecule has 1 amide bonds. The molecule has 0 radical (unpaired) electrons. The number of rotatable bonds is 5. The highest BCUT2D eigenvalue weighted by Gasteiger charge is 2.25. The molecular formula is C18H28N2O. The molecule has 0 aliphatic carbocycles. The molecule has 1 aromatic carbocycles. The second kappa shape index (κ2) is 7.60.